The zero-order chi connectivity index (χ0) is 18.7. The number of nitrogens with one attached hydrogen (secondary N) is 2. The molecule has 0 radical (unpaired) electrons. The first kappa shape index (κ1) is 18.6. The van der Waals surface area contributed by atoms with Gasteiger partial charge in [-0.05, 0) is 54.7 Å². The number of aromatic nitrogens is 2. The molecule has 5 nitrogen and oxygen atoms in total. The highest BCUT2D eigenvalue weighted by Gasteiger charge is 2.28. The van der Waals surface area contributed by atoms with E-state index in [2.05, 4.69) is 41.5 Å². The first-order valence-corrected chi connectivity index (χ1v) is 9.35. The first-order valence-electron chi connectivity index (χ1n) is 8.97. The third kappa shape index (κ3) is 4.73. The smallest absolute Gasteiger partial charge is 0.281 e. The van der Waals surface area contributed by atoms with E-state index in [1.54, 1.807) is 18.3 Å². The van der Waals surface area contributed by atoms with E-state index in [-0.39, 0.29) is 11.3 Å². The van der Waals surface area contributed by atoms with Crippen molar-refractivity contribution in [1.82, 2.24) is 15.6 Å². The average molecular weight is 373 g/mol. The van der Waals surface area contributed by atoms with Gasteiger partial charge in [-0.1, -0.05) is 44.5 Å². The maximum absolute atomic E-state index is 12.5. The molecule has 1 aromatic carbocycles. The summed E-state index contributed by atoms with van der Waals surface area (Å²) in [6, 6.07) is 7.24. The predicted molar refractivity (Wildman–Crippen MR) is 105 cm³/mol. The Morgan fingerprint density at radius 3 is 2.81 bits per heavy atom. The maximum Gasteiger partial charge on any atom is 0.292 e. The standard InChI is InChI=1S/C20H25ClN4O/c1-20(2,3)11-14-6-9-17-16(10-14)18(24-23-17)19(26)25-22-12-13-4-7-15(21)8-5-13/h4-5,7-8,12,14H,6,9-11H2,1-3H3,(H,23,24)(H,25,26). The number of H-pyrrole nitrogens is 1. The summed E-state index contributed by atoms with van der Waals surface area (Å²) in [6.07, 6.45) is 5.72. The van der Waals surface area contributed by atoms with E-state index in [0.29, 0.717) is 16.6 Å². The highest BCUT2D eigenvalue weighted by Crippen LogP contribution is 2.34. The number of halogens is 1. The van der Waals surface area contributed by atoms with Crippen LogP contribution in [0, 0.1) is 11.3 Å². The van der Waals surface area contributed by atoms with Gasteiger partial charge in [0.25, 0.3) is 5.91 Å². The number of hydrazone groups is 1. The molecule has 1 aliphatic rings. The topological polar surface area (TPSA) is 70.1 Å². The van der Waals surface area contributed by atoms with E-state index in [4.69, 9.17) is 11.6 Å². The van der Waals surface area contributed by atoms with E-state index in [1.807, 2.05) is 12.1 Å². The zero-order valence-corrected chi connectivity index (χ0v) is 16.2. The molecule has 2 aromatic rings. The predicted octanol–water partition coefficient (Wildman–Crippen LogP) is 4.37. The Labute approximate surface area is 159 Å². The molecule has 2 N–H and O–H groups in total. The molecule has 26 heavy (non-hydrogen) atoms. The number of fused-ring (bicyclic) bond motifs is 1. The van der Waals surface area contributed by atoms with Crippen LogP contribution < -0.4 is 5.43 Å². The van der Waals surface area contributed by atoms with E-state index >= 15 is 0 Å². The molecule has 1 aliphatic carbocycles. The van der Waals surface area contributed by atoms with Crippen LogP contribution in [0.1, 0.15) is 60.9 Å². The van der Waals surface area contributed by atoms with Crippen molar-refractivity contribution in [3.05, 3.63) is 51.8 Å². The lowest BCUT2D eigenvalue weighted by molar-refractivity contribution is 0.0948. The minimum Gasteiger partial charge on any atom is -0.281 e. The fourth-order valence-electron chi connectivity index (χ4n) is 3.56. The Morgan fingerprint density at radius 2 is 2.12 bits per heavy atom. The number of carbonyl (C=O) groups excluding carboxylic acids is 1. The lowest BCUT2D eigenvalue weighted by Gasteiger charge is -2.28. The van der Waals surface area contributed by atoms with Crippen LogP contribution in [0.15, 0.2) is 29.4 Å². The highest BCUT2D eigenvalue weighted by atomic mass is 35.5. The molecule has 0 saturated carbocycles. The normalized spacial score (nSPS) is 17.3. The molecule has 0 aliphatic heterocycles. The van der Waals surface area contributed by atoms with Crippen molar-refractivity contribution in [2.75, 3.05) is 0 Å². The molecular formula is C20H25ClN4O. The van der Waals surface area contributed by atoms with E-state index < -0.39 is 0 Å². The van der Waals surface area contributed by atoms with Gasteiger partial charge in [-0.3, -0.25) is 9.89 Å². The van der Waals surface area contributed by atoms with Gasteiger partial charge in [0.15, 0.2) is 5.69 Å². The van der Waals surface area contributed by atoms with Crippen LogP contribution in [-0.2, 0) is 12.8 Å². The van der Waals surface area contributed by atoms with Gasteiger partial charge in [-0.25, -0.2) is 5.43 Å². The number of aromatic amines is 1. The lowest BCUT2D eigenvalue weighted by atomic mass is 9.76. The lowest BCUT2D eigenvalue weighted by Crippen LogP contribution is -2.24. The number of nitrogens with zero attached hydrogens (tertiary/aromatic N) is 2. The number of hydrogen-bond donors (Lipinski definition) is 2. The molecule has 138 valence electrons. The number of rotatable bonds is 4. The van der Waals surface area contributed by atoms with E-state index in [9.17, 15) is 4.79 Å². The van der Waals surface area contributed by atoms with Crippen molar-refractivity contribution in [2.24, 2.45) is 16.4 Å². The van der Waals surface area contributed by atoms with Crippen molar-refractivity contribution in [3.8, 4) is 0 Å². The molecular weight excluding hydrogens is 348 g/mol. The van der Waals surface area contributed by atoms with Crippen LogP contribution in [0.25, 0.3) is 0 Å². The summed E-state index contributed by atoms with van der Waals surface area (Å²) in [4.78, 5) is 12.5. The summed E-state index contributed by atoms with van der Waals surface area (Å²) in [5.74, 6) is 0.313. The number of carbonyl (C=O) groups is 1. The van der Waals surface area contributed by atoms with Gasteiger partial charge in [-0.2, -0.15) is 10.2 Å². The summed E-state index contributed by atoms with van der Waals surface area (Å²) < 4.78 is 0. The van der Waals surface area contributed by atoms with E-state index in [0.717, 1.165) is 42.5 Å². The van der Waals surface area contributed by atoms with Crippen molar-refractivity contribution in [1.29, 1.82) is 0 Å². The first-order chi connectivity index (χ1) is 12.3. The summed E-state index contributed by atoms with van der Waals surface area (Å²) in [5, 5.41) is 12.0. The van der Waals surface area contributed by atoms with Crippen molar-refractivity contribution in [2.45, 2.75) is 46.5 Å². The highest BCUT2D eigenvalue weighted by molar-refractivity contribution is 6.30. The van der Waals surface area contributed by atoms with Gasteiger partial charge in [0.05, 0.1) is 6.21 Å². The molecule has 6 heteroatoms. The summed E-state index contributed by atoms with van der Waals surface area (Å²) in [5.41, 5.74) is 6.33. The molecule has 1 aromatic heterocycles. The number of benzene rings is 1. The third-order valence-corrected chi connectivity index (χ3v) is 4.87. The van der Waals surface area contributed by atoms with Crippen LogP contribution in [0.3, 0.4) is 0 Å². The van der Waals surface area contributed by atoms with Gasteiger partial charge in [0.2, 0.25) is 0 Å². The SMILES string of the molecule is CC(C)(C)CC1CCc2[nH]nc(C(=O)NN=Cc3ccc(Cl)cc3)c2C1. The molecule has 1 heterocycles. The number of aryl methyl sites for hydroxylation is 1. The second-order valence-corrected chi connectivity index (χ2v) is 8.59. The quantitative estimate of drug-likeness (QED) is 0.618. The van der Waals surface area contributed by atoms with Crippen molar-refractivity contribution >= 4 is 23.7 Å². The fraction of sp³-hybridized carbons (Fsp3) is 0.450. The molecule has 1 unspecified atom stereocenters. The zero-order valence-electron chi connectivity index (χ0n) is 15.5. The minimum absolute atomic E-state index is 0.274. The van der Waals surface area contributed by atoms with Gasteiger partial charge in [0, 0.05) is 16.3 Å². The summed E-state index contributed by atoms with van der Waals surface area (Å²) in [7, 11) is 0. The fourth-order valence-corrected chi connectivity index (χ4v) is 3.69. The van der Waals surface area contributed by atoms with Gasteiger partial charge < -0.3 is 0 Å². The maximum atomic E-state index is 12.5. The number of amides is 1. The largest absolute Gasteiger partial charge is 0.292 e. The average Bonchev–Trinajstić information content (AvgIpc) is 2.98. The third-order valence-electron chi connectivity index (χ3n) is 4.61. The second kappa shape index (κ2) is 7.62. The van der Waals surface area contributed by atoms with Crippen LogP contribution >= 0.6 is 11.6 Å². The molecule has 1 atom stereocenters. The molecule has 1 amide bonds. The van der Waals surface area contributed by atoms with Crippen LogP contribution in [0.5, 0.6) is 0 Å². The minimum atomic E-state index is -0.274. The van der Waals surface area contributed by atoms with Gasteiger partial charge in [0.1, 0.15) is 0 Å². The van der Waals surface area contributed by atoms with E-state index in [1.165, 1.54) is 0 Å². The Morgan fingerprint density at radius 1 is 1.38 bits per heavy atom. The van der Waals surface area contributed by atoms with Gasteiger partial charge in [-0.15, -0.1) is 0 Å². The van der Waals surface area contributed by atoms with Crippen LogP contribution in [0.4, 0.5) is 0 Å². The van der Waals surface area contributed by atoms with Gasteiger partial charge >= 0.3 is 0 Å². The Balaban J connectivity index is 1.66. The summed E-state index contributed by atoms with van der Waals surface area (Å²) >= 11 is 5.86. The molecule has 0 saturated heterocycles. The molecule has 3 rings (SSSR count). The second-order valence-electron chi connectivity index (χ2n) is 8.15. The Hall–Kier alpha value is -2.14. The number of hydrogen-bond acceptors (Lipinski definition) is 3. The Kier molecular flexibility index (Phi) is 5.47. The molecule has 0 fully saturated rings. The molecule has 0 bridgehead atoms. The van der Waals surface area contributed by atoms with Crippen LogP contribution in [-0.4, -0.2) is 22.3 Å². The van der Waals surface area contributed by atoms with Crippen LogP contribution in [0.2, 0.25) is 5.02 Å². The van der Waals surface area contributed by atoms with Crippen molar-refractivity contribution < 1.29 is 4.79 Å². The monoisotopic (exact) mass is 372 g/mol. The Bertz CT molecular complexity index is 802. The molecule has 0 spiro atoms. The van der Waals surface area contributed by atoms with Crippen molar-refractivity contribution in [3.63, 3.8) is 0 Å². The summed E-state index contributed by atoms with van der Waals surface area (Å²) in [6.45, 7) is 6.78.